The minimum Gasteiger partial charge on any atom is -0.493 e. The van der Waals surface area contributed by atoms with Crippen LogP contribution in [0.4, 0.5) is 0 Å². The highest BCUT2D eigenvalue weighted by atomic mass is 79.9. The van der Waals surface area contributed by atoms with Gasteiger partial charge in [-0.2, -0.15) is 0 Å². The molecule has 2 aromatic carbocycles. The maximum atomic E-state index is 13.0. The number of ketones is 1. The van der Waals surface area contributed by atoms with E-state index in [4.69, 9.17) is 9.47 Å². The molecule has 1 fully saturated rings. The second kappa shape index (κ2) is 9.57. The molecule has 2 aromatic rings. The molecule has 0 unspecified atom stereocenters. The molecule has 0 aliphatic heterocycles. The molecule has 0 radical (unpaired) electrons. The zero-order valence-electron chi connectivity index (χ0n) is 15.9. The highest BCUT2D eigenvalue weighted by Crippen LogP contribution is 2.34. The van der Waals surface area contributed by atoms with Gasteiger partial charge in [0.2, 0.25) is 0 Å². The van der Waals surface area contributed by atoms with Gasteiger partial charge in [-0.1, -0.05) is 31.9 Å². The normalized spacial score (nSPS) is 16.8. The smallest absolute Gasteiger partial charge is 0.185 e. The largest absolute Gasteiger partial charge is 0.493 e. The van der Waals surface area contributed by atoms with E-state index in [2.05, 4.69) is 31.9 Å². The molecule has 0 atom stereocenters. The predicted molar refractivity (Wildman–Crippen MR) is 121 cm³/mol. The number of rotatable bonds is 6. The Morgan fingerprint density at radius 2 is 1.25 bits per heavy atom. The van der Waals surface area contributed by atoms with E-state index in [9.17, 15) is 4.79 Å². The van der Waals surface area contributed by atoms with E-state index < -0.39 is 0 Å². The Balaban J connectivity index is 1.92. The van der Waals surface area contributed by atoms with Crippen LogP contribution in [0, 0.1) is 0 Å². The molecule has 1 aliphatic rings. The molecule has 5 heteroatoms. The summed E-state index contributed by atoms with van der Waals surface area (Å²) in [6.07, 6.45) is 5.34. The number of hydrogen-bond donors (Lipinski definition) is 0. The molecular formula is C23H22Br2O3. The van der Waals surface area contributed by atoms with Crippen molar-refractivity contribution in [3.63, 3.8) is 0 Å². The Hall–Kier alpha value is -1.85. The van der Waals surface area contributed by atoms with Gasteiger partial charge in [0, 0.05) is 31.2 Å². The molecule has 0 aromatic heterocycles. The van der Waals surface area contributed by atoms with Crippen LogP contribution in [0.25, 0.3) is 12.2 Å². The number of allylic oxidation sites excluding steroid dienone is 2. The first-order chi connectivity index (χ1) is 13.5. The number of hydrogen-bond acceptors (Lipinski definition) is 3. The van der Waals surface area contributed by atoms with Gasteiger partial charge in [0.25, 0.3) is 0 Å². The van der Waals surface area contributed by atoms with Gasteiger partial charge in [0.15, 0.2) is 5.78 Å². The van der Waals surface area contributed by atoms with Crippen molar-refractivity contribution in [3.05, 3.63) is 67.6 Å². The van der Waals surface area contributed by atoms with Crippen LogP contribution in [-0.2, 0) is 4.79 Å². The SMILES string of the molecule is CCOc1ccc(Br)cc1/C=C1\CC/C(=C\c2cc(Br)ccc2OCC)C1=O. The number of Topliss-reactive ketones (excluding diaryl/α,β-unsaturated/α-hetero) is 1. The van der Waals surface area contributed by atoms with E-state index in [0.717, 1.165) is 55.6 Å². The lowest BCUT2D eigenvalue weighted by Crippen LogP contribution is -1.98. The molecule has 146 valence electrons. The van der Waals surface area contributed by atoms with Gasteiger partial charge in [-0.05, 0) is 75.2 Å². The Bertz CT molecular complexity index is 869. The molecule has 0 heterocycles. The van der Waals surface area contributed by atoms with Crippen molar-refractivity contribution < 1.29 is 14.3 Å². The van der Waals surface area contributed by atoms with E-state index >= 15 is 0 Å². The fourth-order valence-corrected chi connectivity index (χ4v) is 3.95. The van der Waals surface area contributed by atoms with Crippen molar-refractivity contribution in [2.24, 2.45) is 0 Å². The van der Waals surface area contributed by atoms with Gasteiger partial charge in [-0.25, -0.2) is 0 Å². The quantitative estimate of drug-likeness (QED) is 0.403. The number of carbonyl (C=O) groups excluding carboxylic acids is 1. The minimum absolute atomic E-state index is 0.0878. The van der Waals surface area contributed by atoms with Crippen LogP contribution in [0.3, 0.4) is 0 Å². The van der Waals surface area contributed by atoms with Crippen LogP contribution in [0.2, 0.25) is 0 Å². The highest BCUT2D eigenvalue weighted by molar-refractivity contribution is 9.10. The van der Waals surface area contributed by atoms with E-state index in [-0.39, 0.29) is 5.78 Å². The predicted octanol–water partition coefficient (Wildman–Crippen LogP) is 6.84. The van der Waals surface area contributed by atoms with Crippen LogP contribution >= 0.6 is 31.9 Å². The molecule has 3 nitrogen and oxygen atoms in total. The van der Waals surface area contributed by atoms with Gasteiger partial charge < -0.3 is 9.47 Å². The minimum atomic E-state index is 0.0878. The fraction of sp³-hybridized carbons (Fsp3) is 0.261. The number of benzene rings is 2. The van der Waals surface area contributed by atoms with Crippen LogP contribution < -0.4 is 9.47 Å². The molecule has 1 aliphatic carbocycles. The summed E-state index contributed by atoms with van der Waals surface area (Å²) in [5.74, 6) is 1.66. The summed E-state index contributed by atoms with van der Waals surface area (Å²) in [7, 11) is 0. The highest BCUT2D eigenvalue weighted by Gasteiger charge is 2.24. The second-order valence-corrected chi connectivity index (χ2v) is 8.23. The van der Waals surface area contributed by atoms with Crippen molar-refractivity contribution in [2.45, 2.75) is 26.7 Å². The standard InChI is InChI=1S/C23H22Br2O3/c1-3-27-21-9-7-19(24)13-17(21)11-15-5-6-16(23(15)26)12-18-14-20(25)8-10-22(18)28-4-2/h7-14H,3-6H2,1-2H3/b15-11+,16-12+. The van der Waals surface area contributed by atoms with Gasteiger partial charge in [-0.15, -0.1) is 0 Å². The van der Waals surface area contributed by atoms with E-state index in [1.54, 1.807) is 0 Å². The molecule has 0 saturated heterocycles. The summed E-state index contributed by atoms with van der Waals surface area (Å²) >= 11 is 7.00. The second-order valence-electron chi connectivity index (χ2n) is 6.40. The lowest BCUT2D eigenvalue weighted by molar-refractivity contribution is -0.111. The van der Waals surface area contributed by atoms with Gasteiger partial charge in [0.1, 0.15) is 11.5 Å². The van der Waals surface area contributed by atoms with Crippen molar-refractivity contribution in [2.75, 3.05) is 13.2 Å². The third-order valence-electron chi connectivity index (χ3n) is 4.45. The van der Waals surface area contributed by atoms with Crippen LogP contribution in [0.15, 0.2) is 56.5 Å². The Morgan fingerprint density at radius 1 is 0.821 bits per heavy atom. The van der Waals surface area contributed by atoms with Crippen LogP contribution in [0.1, 0.15) is 37.8 Å². The Kier molecular flexibility index (Phi) is 7.13. The molecule has 3 rings (SSSR count). The average molecular weight is 506 g/mol. The zero-order valence-corrected chi connectivity index (χ0v) is 19.1. The fourth-order valence-electron chi connectivity index (χ4n) is 3.19. The third kappa shape index (κ3) is 4.95. The number of carbonyl (C=O) groups is 1. The first-order valence-corrected chi connectivity index (χ1v) is 10.9. The summed E-state index contributed by atoms with van der Waals surface area (Å²) in [6.45, 7) is 5.07. The Labute approximate surface area is 182 Å². The van der Waals surface area contributed by atoms with Crippen molar-refractivity contribution >= 4 is 49.8 Å². The van der Waals surface area contributed by atoms with Gasteiger partial charge in [0.05, 0.1) is 13.2 Å². The zero-order chi connectivity index (χ0) is 20.1. The summed E-state index contributed by atoms with van der Waals surface area (Å²) in [4.78, 5) is 13.0. The summed E-state index contributed by atoms with van der Waals surface area (Å²) in [6, 6.07) is 11.7. The van der Waals surface area contributed by atoms with E-state index in [0.29, 0.717) is 13.2 Å². The van der Waals surface area contributed by atoms with Gasteiger partial charge in [-0.3, -0.25) is 4.79 Å². The maximum absolute atomic E-state index is 13.0. The molecule has 0 bridgehead atoms. The summed E-state index contributed by atoms with van der Waals surface area (Å²) in [5.41, 5.74) is 3.44. The third-order valence-corrected chi connectivity index (χ3v) is 5.44. The maximum Gasteiger partial charge on any atom is 0.185 e. The van der Waals surface area contributed by atoms with Gasteiger partial charge >= 0.3 is 0 Å². The monoisotopic (exact) mass is 504 g/mol. The van der Waals surface area contributed by atoms with Crippen molar-refractivity contribution in [1.82, 2.24) is 0 Å². The average Bonchev–Trinajstić information content (AvgIpc) is 3.00. The first-order valence-electron chi connectivity index (χ1n) is 9.32. The van der Waals surface area contributed by atoms with E-state index in [1.165, 1.54) is 0 Å². The lowest BCUT2D eigenvalue weighted by Gasteiger charge is -2.09. The molecule has 0 amide bonds. The first kappa shape index (κ1) is 20.9. The van der Waals surface area contributed by atoms with Crippen LogP contribution in [0.5, 0.6) is 11.5 Å². The molecule has 1 saturated carbocycles. The molecule has 28 heavy (non-hydrogen) atoms. The molecule has 0 spiro atoms. The van der Waals surface area contributed by atoms with Crippen LogP contribution in [-0.4, -0.2) is 19.0 Å². The Morgan fingerprint density at radius 3 is 1.64 bits per heavy atom. The molecular weight excluding hydrogens is 484 g/mol. The van der Waals surface area contributed by atoms with Crippen molar-refractivity contribution in [3.8, 4) is 11.5 Å². The summed E-state index contributed by atoms with van der Waals surface area (Å²) in [5, 5.41) is 0. The topological polar surface area (TPSA) is 35.5 Å². The van der Waals surface area contributed by atoms with E-state index in [1.807, 2.05) is 62.4 Å². The number of ether oxygens (including phenoxy) is 2. The van der Waals surface area contributed by atoms with Crippen molar-refractivity contribution in [1.29, 1.82) is 0 Å². The number of halogens is 2. The molecule has 0 N–H and O–H groups in total. The summed E-state index contributed by atoms with van der Waals surface area (Å²) < 4.78 is 13.3. The lowest BCUT2D eigenvalue weighted by atomic mass is 10.1.